The number of aromatic nitrogens is 1. The molecule has 0 radical (unpaired) electrons. The zero-order valence-corrected chi connectivity index (χ0v) is 12.5. The summed E-state index contributed by atoms with van der Waals surface area (Å²) < 4.78 is 27.1. The van der Waals surface area contributed by atoms with Crippen LogP contribution in [0, 0.1) is 12.7 Å². The van der Waals surface area contributed by atoms with Crippen molar-refractivity contribution in [3.05, 3.63) is 45.5 Å². The Balaban J connectivity index is 2.08. The lowest BCUT2D eigenvalue weighted by Crippen LogP contribution is -2.40. The third kappa shape index (κ3) is 2.61. The van der Waals surface area contributed by atoms with Crippen molar-refractivity contribution < 1.29 is 18.7 Å². The van der Waals surface area contributed by atoms with Gasteiger partial charge in [-0.2, -0.15) is 0 Å². The first-order valence-corrected chi connectivity index (χ1v) is 7.29. The summed E-state index contributed by atoms with van der Waals surface area (Å²) in [6, 6.07) is 1.71. The molecule has 1 fully saturated rings. The number of aliphatic hydroxyl groups is 1. The first kappa shape index (κ1) is 15.6. The number of nitrogens with zero attached hydrogens (tertiary/aromatic N) is 1. The van der Waals surface area contributed by atoms with E-state index in [1.165, 1.54) is 12.3 Å². The number of hydrogen-bond donors (Lipinski definition) is 2. The fourth-order valence-electron chi connectivity index (χ4n) is 3.06. The molecule has 7 heteroatoms. The molecule has 0 bridgehead atoms. The molecule has 5 nitrogen and oxygen atoms in total. The molecule has 0 spiro atoms. The molecule has 2 heterocycles. The van der Waals surface area contributed by atoms with Crippen LogP contribution in [0.15, 0.2) is 23.1 Å². The van der Waals surface area contributed by atoms with E-state index < -0.39 is 29.4 Å². The third-order valence-corrected chi connectivity index (χ3v) is 4.22. The van der Waals surface area contributed by atoms with Gasteiger partial charge in [-0.1, -0.05) is 0 Å². The van der Waals surface area contributed by atoms with E-state index in [9.17, 15) is 23.5 Å². The van der Waals surface area contributed by atoms with E-state index in [4.69, 9.17) is 0 Å². The van der Waals surface area contributed by atoms with E-state index in [0.29, 0.717) is 11.1 Å². The van der Waals surface area contributed by atoms with E-state index in [1.54, 1.807) is 6.92 Å². The van der Waals surface area contributed by atoms with Gasteiger partial charge >= 0.3 is 0 Å². The van der Waals surface area contributed by atoms with Crippen molar-refractivity contribution in [2.75, 3.05) is 13.2 Å². The van der Waals surface area contributed by atoms with E-state index >= 15 is 0 Å². The molecule has 2 atom stereocenters. The maximum absolute atomic E-state index is 13.5. The number of fused-ring (bicyclic) bond motifs is 1. The van der Waals surface area contributed by atoms with Crippen LogP contribution < -0.4 is 5.43 Å². The molecule has 1 aliphatic rings. The van der Waals surface area contributed by atoms with E-state index in [0.717, 1.165) is 11.0 Å². The van der Waals surface area contributed by atoms with Crippen LogP contribution in [0.1, 0.15) is 22.3 Å². The molecule has 0 unspecified atom stereocenters. The normalized spacial score (nSPS) is 21.1. The molecule has 0 saturated carbocycles. The predicted molar refractivity (Wildman–Crippen MR) is 80.7 cm³/mol. The van der Waals surface area contributed by atoms with Gasteiger partial charge in [0.25, 0.3) is 5.91 Å². The van der Waals surface area contributed by atoms with Crippen LogP contribution in [0.5, 0.6) is 0 Å². The SMILES string of the molecule is Cc1cc(F)cc2c(=O)c(C(=O)N3C[C@@H](F)C[C@H]3CO)c[nH]c12. The fourth-order valence-corrected chi connectivity index (χ4v) is 3.06. The van der Waals surface area contributed by atoms with Crippen LogP contribution in [-0.2, 0) is 0 Å². The average Bonchev–Trinajstić information content (AvgIpc) is 2.89. The number of nitrogens with one attached hydrogen (secondary N) is 1. The van der Waals surface area contributed by atoms with Gasteiger partial charge < -0.3 is 15.0 Å². The zero-order valence-electron chi connectivity index (χ0n) is 12.5. The van der Waals surface area contributed by atoms with Gasteiger partial charge in [0.2, 0.25) is 5.43 Å². The zero-order chi connectivity index (χ0) is 16.7. The lowest BCUT2D eigenvalue weighted by Gasteiger charge is -2.22. The number of rotatable bonds is 2. The number of carbonyl (C=O) groups is 1. The topological polar surface area (TPSA) is 73.4 Å². The highest BCUT2D eigenvalue weighted by molar-refractivity contribution is 5.97. The molecule has 3 rings (SSSR count). The summed E-state index contributed by atoms with van der Waals surface area (Å²) in [6.07, 6.45) is 0.0784. The van der Waals surface area contributed by atoms with Crippen molar-refractivity contribution in [1.29, 1.82) is 0 Å². The lowest BCUT2D eigenvalue weighted by molar-refractivity contribution is 0.0671. The molecule has 23 heavy (non-hydrogen) atoms. The number of aryl methyl sites for hydroxylation is 1. The van der Waals surface area contributed by atoms with Crippen molar-refractivity contribution in [2.24, 2.45) is 0 Å². The second kappa shape index (κ2) is 5.73. The van der Waals surface area contributed by atoms with Gasteiger partial charge in [-0.15, -0.1) is 0 Å². The van der Waals surface area contributed by atoms with Crippen LogP contribution in [0.2, 0.25) is 0 Å². The number of likely N-dealkylation sites (tertiary alicyclic amines) is 1. The standard InChI is InChI=1S/C16H16F2N2O3/c1-8-2-9(17)4-12-14(8)19-5-13(15(12)22)16(23)20-6-10(18)3-11(20)7-21/h2,4-5,10-11,21H,3,6-7H2,1H3,(H,19,22)/t10-,11-/m0/s1. The Bertz CT molecular complexity index is 834. The summed E-state index contributed by atoms with van der Waals surface area (Å²) in [4.78, 5) is 29.0. The van der Waals surface area contributed by atoms with Crippen LogP contribution in [0.3, 0.4) is 0 Å². The maximum atomic E-state index is 13.5. The molecule has 1 amide bonds. The Labute approximate surface area is 130 Å². The average molecular weight is 322 g/mol. The minimum absolute atomic E-state index is 0.0431. The molecule has 1 aliphatic heterocycles. The summed E-state index contributed by atoms with van der Waals surface area (Å²) >= 11 is 0. The summed E-state index contributed by atoms with van der Waals surface area (Å²) in [5.41, 5.74) is 0.214. The second-order valence-electron chi connectivity index (χ2n) is 5.80. The highest BCUT2D eigenvalue weighted by atomic mass is 19.1. The molecular formula is C16H16F2N2O3. The molecule has 0 aliphatic carbocycles. The summed E-state index contributed by atoms with van der Waals surface area (Å²) in [5.74, 6) is -1.22. The minimum Gasteiger partial charge on any atom is -0.394 e. The van der Waals surface area contributed by atoms with Gasteiger partial charge in [0.1, 0.15) is 17.6 Å². The number of pyridine rings is 1. The largest absolute Gasteiger partial charge is 0.394 e. The van der Waals surface area contributed by atoms with Gasteiger partial charge in [-0.05, 0) is 24.6 Å². The fraction of sp³-hybridized carbons (Fsp3) is 0.375. The van der Waals surface area contributed by atoms with Gasteiger partial charge in [-0.3, -0.25) is 9.59 Å². The van der Waals surface area contributed by atoms with E-state index in [-0.39, 0.29) is 30.5 Å². The van der Waals surface area contributed by atoms with Gasteiger partial charge in [0, 0.05) is 18.0 Å². The van der Waals surface area contributed by atoms with Crippen LogP contribution in [0.25, 0.3) is 10.9 Å². The number of hydrogen-bond acceptors (Lipinski definition) is 3. The Morgan fingerprint density at radius 2 is 2.22 bits per heavy atom. The molecule has 1 aromatic heterocycles. The number of aliphatic hydroxyl groups excluding tert-OH is 1. The summed E-state index contributed by atoms with van der Waals surface area (Å²) in [5, 5.41) is 9.34. The number of amides is 1. The molecule has 122 valence electrons. The van der Waals surface area contributed by atoms with Crippen molar-refractivity contribution in [3.8, 4) is 0 Å². The third-order valence-electron chi connectivity index (χ3n) is 4.22. The number of halogens is 2. The molecule has 1 aromatic carbocycles. The van der Waals surface area contributed by atoms with Gasteiger partial charge in [-0.25, -0.2) is 8.78 Å². The molecular weight excluding hydrogens is 306 g/mol. The van der Waals surface area contributed by atoms with Crippen molar-refractivity contribution >= 4 is 16.8 Å². The lowest BCUT2D eigenvalue weighted by atomic mass is 10.1. The first-order chi connectivity index (χ1) is 10.9. The van der Waals surface area contributed by atoms with Gasteiger partial charge in [0.15, 0.2) is 0 Å². The predicted octanol–water partition coefficient (Wildman–Crippen LogP) is 1.52. The number of H-pyrrole nitrogens is 1. The van der Waals surface area contributed by atoms with Crippen LogP contribution in [-0.4, -0.2) is 46.3 Å². The maximum Gasteiger partial charge on any atom is 0.259 e. The van der Waals surface area contributed by atoms with Crippen molar-refractivity contribution in [1.82, 2.24) is 9.88 Å². The Kier molecular flexibility index (Phi) is 3.89. The molecule has 1 saturated heterocycles. The summed E-state index contributed by atoms with van der Waals surface area (Å²) in [7, 11) is 0. The second-order valence-corrected chi connectivity index (χ2v) is 5.80. The number of benzene rings is 1. The van der Waals surface area contributed by atoms with E-state index in [1.807, 2.05) is 0 Å². The van der Waals surface area contributed by atoms with E-state index in [2.05, 4.69) is 4.98 Å². The quantitative estimate of drug-likeness (QED) is 0.880. The number of alkyl halides is 1. The Morgan fingerprint density at radius 3 is 2.91 bits per heavy atom. The van der Waals surface area contributed by atoms with Crippen LogP contribution >= 0.6 is 0 Å². The summed E-state index contributed by atoms with van der Waals surface area (Å²) in [6.45, 7) is 1.12. The van der Waals surface area contributed by atoms with Crippen LogP contribution in [0.4, 0.5) is 8.78 Å². The highest BCUT2D eigenvalue weighted by Gasteiger charge is 2.36. The monoisotopic (exact) mass is 322 g/mol. The van der Waals surface area contributed by atoms with Crippen molar-refractivity contribution in [2.45, 2.75) is 25.6 Å². The smallest absolute Gasteiger partial charge is 0.259 e. The Hall–Kier alpha value is -2.28. The first-order valence-electron chi connectivity index (χ1n) is 7.29. The molecule has 2 N–H and O–H groups in total. The number of aromatic amines is 1. The Morgan fingerprint density at radius 1 is 1.48 bits per heavy atom. The van der Waals surface area contributed by atoms with Crippen molar-refractivity contribution in [3.63, 3.8) is 0 Å². The number of carbonyl (C=O) groups excluding carboxylic acids is 1. The van der Waals surface area contributed by atoms with Gasteiger partial charge in [0.05, 0.1) is 24.7 Å². The minimum atomic E-state index is -1.23. The highest BCUT2D eigenvalue weighted by Crippen LogP contribution is 2.22. The molecule has 2 aromatic rings.